The first-order valence-corrected chi connectivity index (χ1v) is 7.04. The van der Waals surface area contributed by atoms with Crippen molar-refractivity contribution in [3.63, 3.8) is 0 Å². The Morgan fingerprint density at radius 3 is 2.57 bits per heavy atom. The lowest BCUT2D eigenvalue weighted by Gasteiger charge is -2.03. The fourth-order valence-corrected chi connectivity index (χ4v) is 1.97. The molecule has 0 saturated carbocycles. The van der Waals surface area contributed by atoms with E-state index in [0.717, 1.165) is 5.56 Å². The molecule has 2 aromatic rings. The summed E-state index contributed by atoms with van der Waals surface area (Å²) in [6.07, 6.45) is 3.63. The van der Waals surface area contributed by atoms with Crippen LogP contribution in [0.4, 0.5) is 0 Å². The zero-order valence-corrected chi connectivity index (χ0v) is 12.9. The van der Waals surface area contributed by atoms with Crippen LogP contribution in [0.25, 0.3) is 0 Å². The quantitative estimate of drug-likeness (QED) is 0.525. The minimum atomic E-state index is -0.203. The highest BCUT2D eigenvalue weighted by Crippen LogP contribution is 2.22. The molecular formula is C15H14Cl2N3O+. The lowest BCUT2D eigenvalue weighted by Crippen LogP contribution is -2.41. The van der Waals surface area contributed by atoms with E-state index in [1.54, 1.807) is 29.7 Å². The molecule has 0 spiro atoms. The third-order valence-electron chi connectivity index (χ3n) is 2.79. The van der Waals surface area contributed by atoms with Crippen molar-refractivity contribution in [1.82, 2.24) is 5.43 Å². The maximum Gasteiger partial charge on any atom is 0.305 e. The minimum Gasteiger partial charge on any atom is -0.266 e. The lowest BCUT2D eigenvalue weighted by atomic mass is 10.1. The van der Waals surface area contributed by atoms with Gasteiger partial charge in [-0.1, -0.05) is 35.3 Å². The second-order valence-electron chi connectivity index (χ2n) is 4.41. The van der Waals surface area contributed by atoms with Gasteiger partial charge in [0.05, 0.1) is 15.8 Å². The summed E-state index contributed by atoms with van der Waals surface area (Å²) in [4.78, 5) is 11.8. The number of halogens is 2. The summed E-state index contributed by atoms with van der Waals surface area (Å²) in [5.74, 6) is -0.203. The van der Waals surface area contributed by atoms with Crippen LogP contribution < -0.4 is 9.99 Å². The Labute approximate surface area is 133 Å². The Hall–Kier alpha value is -1.91. The standard InChI is InChI=1S/C15H13Cl2N3O/c1-11(12-5-6-13(16)14(17)9-12)18-19-15(21)10-20-7-3-2-4-8-20/h2-9H,10H2,1H3/p+1/b18-11-. The molecule has 1 N–H and O–H groups in total. The summed E-state index contributed by atoms with van der Waals surface area (Å²) >= 11 is 11.8. The third kappa shape index (κ3) is 4.55. The maximum atomic E-state index is 11.8. The number of nitrogens with one attached hydrogen (secondary N) is 1. The Bertz CT molecular complexity index is 672. The van der Waals surface area contributed by atoms with E-state index in [1.165, 1.54) is 0 Å². The fraction of sp³-hybridized carbons (Fsp3) is 0.133. The van der Waals surface area contributed by atoms with Crippen LogP contribution in [0.2, 0.25) is 10.0 Å². The number of pyridine rings is 1. The van der Waals surface area contributed by atoms with Crippen LogP contribution in [0.1, 0.15) is 12.5 Å². The largest absolute Gasteiger partial charge is 0.305 e. The summed E-state index contributed by atoms with van der Waals surface area (Å²) in [5, 5.41) is 5.00. The van der Waals surface area contributed by atoms with Gasteiger partial charge in [-0.05, 0) is 24.6 Å². The Morgan fingerprint density at radius 2 is 1.90 bits per heavy atom. The van der Waals surface area contributed by atoms with Crippen LogP contribution in [0.15, 0.2) is 53.9 Å². The normalized spacial score (nSPS) is 11.3. The van der Waals surface area contributed by atoms with E-state index in [9.17, 15) is 4.79 Å². The zero-order valence-electron chi connectivity index (χ0n) is 11.4. The van der Waals surface area contributed by atoms with E-state index >= 15 is 0 Å². The molecule has 0 saturated heterocycles. The molecule has 0 bridgehead atoms. The average Bonchev–Trinajstić information content (AvgIpc) is 2.48. The molecule has 0 unspecified atom stereocenters. The third-order valence-corrected chi connectivity index (χ3v) is 3.53. The predicted octanol–water partition coefficient (Wildman–Crippen LogP) is 2.82. The molecule has 0 aliphatic carbocycles. The maximum absolute atomic E-state index is 11.8. The van der Waals surface area contributed by atoms with Crippen molar-refractivity contribution >= 4 is 34.8 Å². The molecule has 108 valence electrons. The fourth-order valence-electron chi connectivity index (χ4n) is 1.67. The number of nitrogens with zero attached hydrogens (tertiary/aromatic N) is 2. The predicted molar refractivity (Wildman–Crippen MR) is 83.5 cm³/mol. The van der Waals surface area contributed by atoms with E-state index in [4.69, 9.17) is 23.2 Å². The molecule has 1 amide bonds. The number of amides is 1. The van der Waals surface area contributed by atoms with E-state index in [0.29, 0.717) is 15.8 Å². The Morgan fingerprint density at radius 1 is 1.19 bits per heavy atom. The minimum absolute atomic E-state index is 0.203. The van der Waals surface area contributed by atoms with Gasteiger partial charge in [-0.15, -0.1) is 0 Å². The molecule has 0 atom stereocenters. The highest BCUT2D eigenvalue weighted by molar-refractivity contribution is 6.42. The number of hydrogen-bond acceptors (Lipinski definition) is 2. The van der Waals surface area contributed by atoms with Crippen molar-refractivity contribution in [3.05, 3.63) is 64.4 Å². The first-order chi connectivity index (χ1) is 10.1. The summed E-state index contributed by atoms with van der Waals surface area (Å²) in [6.45, 7) is 1.99. The number of hydrogen-bond donors (Lipinski definition) is 1. The molecule has 1 aromatic carbocycles. The summed E-state index contributed by atoms with van der Waals surface area (Å²) < 4.78 is 1.76. The number of aromatic nitrogens is 1. The van der Waals surface area contributed by atoms with Crippen molar-refractivity contribution < 1.29 is 9.36 Å². The first kappa shape index (κ1) is 15.5. The van der Waals surface area contributed by atoms with E-state index in [-0.39, 0.29) is 12.5 Å². The van der Waals surface area contributed by atoms with E-state index < -0.39 is 0 Å². The summed E-state index contributed by atoms with van der Waals surface area (Å²) in [6, 6.07) is 10.8. The number of hydrazone groups is 1. The molecular weight excluding hydrogens is 309 g/mol. The van der Waals surface area contributed by atoms with Crippen molar-refractivity contribution in [2.45, 2.75) is 13.5 Å². The topological polar surface area (TPSA) is 45.3 Å². The average molecular weight is 323 g/mol. The highest BCUT2D eigenvalue weighted by Gasteiger charge is 2.08. The molecule has 2 rings (SSSR count). The molecule has 0 aliphatic rings. The molecule has 21 heavy (non-hydrogen) atoms. The van der Waals surface area contributed by atoms with Gasteiger partial charge in [0.1, 0.15) is 0 Å². The Kier molecular flexibility index (Phi) is 5.31. The van der Waals surface area contributed by atoms with Crippen molar-refractivity contribution in [2.75, 3.05) is 0 Å². The van der Waals surface area contributed by atoms with Gasteiger partial charge in [0.2, 0.25) is 6.54 Å². The number of benzene rings is 1. The van der Waals surface area contributed by atoms with Crippen LogP contribution in [-0.4, -0.2) is 11.6 Å². The molecule has 0 fully saturated rings. The number of rotatable bonds is 4. The van der Waals surface area contributed by atoms with Crippen LogP contribution in [0.3, 0.4) is 0 Å². The van der Waals surface area contributed by atoms with E-state index in [1.807, 2.05) is 30.6 Å². The molecule has 0 aliphatic heterocycles. The SMILES string of the molecule is C/C(=N/NC(=O)C[n+]1ccccc1)c1ccc(Cl)c(Cl)c1. The van der Waals surface area contributed by atoms with Gasteiger partial charge in [-0.2, -0.15) is 9.67 Å². The van der Waals surface area contributed by atoms with Gasteiger partial charge >= 0.3 is 5.91 Å². The van der Waals surface area contributed by atoms with Crippen LogP contribution in [0.5, 0.6) is 0 Å². The van der Waals surface area contributed by atoms with E-state index in [2.05, 4.69) is 10.5 Å². The van der Waals surface area contributed by atoms with Crippen LogP contribution in [0, 0.1) is 0 Å². The summed E-state index contributed by atoms with van der Waals surface area (Å²) in [7, 11) is 0. The van der Waals surface area contributed by atoms with Gasteiger partial charge in [0, 0.05) is 12.1 Å². The second kappa shape index (κ2) is 7.20. The van der Waals surface area contributed by atoms with Crippen molar-refractivity contribution in [1.29, 1.82) is 0 Å². The van der Waals surface area contributed by atoms with Gasteiger partial charge in [-0.3, -0.25) is 4.79 Å². The number of carbonyl (C=O) groups is 1. The molecule has 0 radical (unpaired) electrons. The molecule has 4 nitrogen and oxygen atoms in total. The first-order valence-electron chi connectivity index (χ1n) is 6.29. The zero-order chi connectivity index (χ0) is 15.2. The van der Waals surface area contributed by atoms with Crippen LogP contribution in [-0.2, 0) is 11.3 Å². The van der Waals surface area contributed by atoms with Gasteiger partial charge in [0.15, 0.2) is 12.4 Å². The van der Waals surface area contributed by atoms with Crippen LogP contribution >= 0.6 is 23.2 Å². The lowest BCUT2D eigenvalue weighted by molar-refractivity contribution is -0.684. The summed E-state index contributed by atoms with van der Waals surface area (Å²) in [5.41, 5.74) is 3.97. The van der Waals surface area contributed by atoms with Gasteiger partial charge in [0.25, 0.3) is 0 Å². The molecule has 1 aromatic heterocycles. The second-order valence-corrected chi connectivity index (χ2v) is 5.22. The van der Waals surface area contributed by atoms with Gasteiger partial charge < -0.3 is 0 Å². The highest BCUT2D eigenvalue weighted by atomic mass is 35.5. The van der Waals surface area contributed by atoms with Gasteiger partial charge in [-0.25, -0.2) is 5.43 Å². The monoisotopic (exact) mass is 322 g/mol. The Balaban J connectivity index is 1.99. The molecule has 6 heteroatoms. The molecule has 1 heterocycles. The number of carbonyl (C=O) groups excluding carboxylic acids is 1. The smallest absolute Gasteiger partial charge is 0.266 e. The van der Waals surface area contributed by atoms with Crippen molar-refractivity contribution in [2.24, 2.45) is 5.10 Å². The van der Waals surface area contributed by atoms with Crippen molar-refractivity contribution in [3.8, 4) is 0 Å².